The highest BCUT2D eigenvalue weighted by molar-refractivity contribution is 5.48. The zero-order chi connectivity index (χ0) is 13.4. The molecule has 1 atom stereocenters. The van der Waals surface area contributed by atoms with Crippen molar-refractivity contribution in [3.8, 4) is 0 Å². The molecule has 19 heavy (non-hydrogen) atoms. The molecule has 0 saturated carbocycles. The van der Waals surface area contributed by atoms with E-state index in [1.165, 1.54) is 6.07 Å². The molecule has 0 saturated heterocycles. The zero-order valence-corrected chi connectivity index (χ0v) is 10.1. The van der Waals surface area contributed by atoms with Crippen LogP contribution < -0.4 is 5.32 Å². The Hall–Kier alpha value is -1.91. The Morgan fingerprint density at radius 1 is 1.11 bits per heavy atom. The van der Waals surface area contributed by atoms with Crippen molar-refractivity contribution in [2.45, 2.75) is 25.3 Å². The molecule has 1 N–H and O–H groups in total. The molecule has 100 valence electrons. The number of aryl methyl sites for hydroxylation is 1. The van der Waals surface area contributed by atoms with E-state index in [1.54, 1.807) is 6.26 Å². The first kappa shape index (κ1) is 12.1. The summed E-state index contributed by atoms with van der Waals surface area (Å²) < 4.78 is 45.0. The first-order valence-corrected chi connectivity index (χ1v) is 6.13. The van der Waals surface area contributed by atoms with Gasteiger partial charge in [0.15, 0.2) is 17.5 Å². The maximum Gasteiger partial charge on any atom is 0.196 e. The summed E-state index contributed by atoms with van der Waals surface area (Å²) >= 11 is 0. The van der Waals surface area contributed by atoms with Crippen molar-refractivity contribution < 1.29 is 17.6 Å². The summed E-state index contributed by atoms with van der Waals surface area (Å²) in [5, 5.41) is 2.92. The summed E-state index contributed by atoms with van der Waals surface area (Å²) in [5.41, 5.74) is 0.924. The van der Waals surface area contributed by atoms with Crippen LogP contribution in [0.3, 0.4) is 0 Å². The van der Waals surface area contributed by atoms with Crippen LogP contribution in [0.15, 0.2) is 28.9 Å². The lowest BCUT2D eigenvalue weighted by Gasteiger charge is -2.24. The van der Waals surface area contributed by atoms with E-state index in [4.69, 9.17) is 4.42 Å². The Morgan fingerprint density at radius 3 is 2.79 bits per heavy atom. The normalized spacial score (nSPS) is 18.2. The SMILES string of the molecule is Fc1ccc(NC2CCCc3occc32)c(F)c1F. The van der Waals surface area contributed by atoms with Gasteiger partial charge in [0.25, 0.3) is 0 Å². The van der Waals surface area contributed by atoms with Crippen LogP contribution in [0.2, 0.25) is 0 Å². The first-order valence-electron chi connectivity index (χ1n) is 6.13. The Bertz CT molecular complexity index is 609. The number of anilines is 1. The lowest BCUT2D eigenvalue weighted by Crippen LogP contribution is -2.17. The van der Waals surface area contributed by atoms with E-state index >= 15 is 0 Å². The molecule has 1 aliphatic rings. The number of hydrogen-bond donors (Lipinski definition) is 1. The molecule has 3 rings (SSSR count). The van der Waals surface area contributed by atoms with Crippen molar-refractivity contribution in [1.29, 1.82) is 0 Å². The summed E-state index contributed by atoms with van der Waals surface area (Å²) in [6.45, 7) is 0. The van der Waals surface area contributed by atoms with Gasteiger partial charge in [-0.25, -0.2) is 13.2 Å². The molecule has 1 unspecified atom stereocenters. The minimum atomic E-state index is -1.45. The van der Waals surface area contributed by atoms with Crippen molar-refractivity contribution in [3.63, 3.8) is 0 Å². The lowest BCUT2D eigenvalue weighted by atomic mass is 9.93. The van der Waals surface area contributed by atoms with Crippen LogP contribution in [-0.2, 0) is 6.42 Å². The summed E-state index contributed by atoms with van der Waals surface area (Å²) in [6, 6.07) is 3.81. The number of nitrogens with one attached hydrogen (secondary N) is 1. The molecule has 1 aromatic carbocycles. The average Bonchev–Trinajstić information content (AvgIpc) is 2.89. The monoisotopic (exact) mass is 267 g/mol. The van der Waals surface area contributed by atoms with Crippen molar-refractivity contribution >= 4 is 5.69 Å². The minimum absolute atomic E-state index is 0.0297. The Balaban J connectivity index is 1.90. The molecule has 0 aliphatic heterocycles. The van der Waals surface area contributed by atoms with Gasteiger partial charge >= 0.3 is 0 Å². The van der Waals surface area contributed by atoms with Crippen LogP contribution in [-0.4, -0.2) is 0 Å². The van der Waals surface area contributed by atoms with Gasteiger partial charge in [-0.2, -0.15) is 0 Å². The topological polar surface area (TPSA) is 25.2 Å². The van der Waals surface area contributed by atoms with Crippen molar-refractivity contribution in [2.75, 3.05) is 5.32 Å². The quantitative estimate of drug-likeness (QED) is 0.825. The molecule has 1 aliphatic carbocycles. The van der Waals surface area contributed by atoms with Crippen LogP contribution in [0, 0.1) is 17.5 Å². The third-order valence-corrected chi connectivity index (χ3v) is 3.42. The Kier molecular flexibility index (Phi) is 2.97. The summed E-state index contributed by atoms with van der Waals surface area (Å²) in [6.07, 6.45) is 4.14. The molecule has 2 aromatic rings. The van der Waals surface area contributed by atoms with Gasteiger partial charge in [-0.15, -0.1) is 0 Å². The molecule has 2 nitrogen and oxygen atoms in total. The molecule has 0 fully saturated rings. The van der Waals surface area contributed by atoms with Gasteiger partial charge in [0.05, 0.1) is 18.0 Å². The molecule has 1 heterocycles. The molecule has 0 radical (unpaired) electrons. The van der Waals surface area contributed by atoms with Crippen LogP contribution in [0.5, 0.6) is 0 Å². The second-order valence-corrected chi connectivity index (χ2v) is 4.61. The van der Waals surface area contributed by atoms with E-state index in [0.29, 0.717) is 0 Å². The van der Waals surface area contributed by atoms with Gasteiger partial charge < -0.3 is 9.73 Å². The molecule has 1 aromatic heterocycles. The lowest BCUT2D eigenvalue weighted by molar-refractivity contribution is 0.444. The van der Waals surface area contributed by atoms with E-state index in [2.05, 4.69) is 5.32 Å². The van der Waals surface area contributed by atoms with E-state index in [1.807, 2.05) is 6.07 Å². The fraction of sp³-hybridized carbons (Fsp3) is 0.286. The van der Waals surface area contributed by atoms with Gasteiger partial charge in [0.1, 0.15) is 5.76 Å². The van der Waals surface area contributed by atoms with E-state index in [9.17, 15) is 13.2 Å². The fourth-order valence-corrected chi connectivity index (χ4v) is 2.46. The van der Waals surface area contributed by atoms with E-state index in [0.717, 1.165) is 36.7 Å². The number of rotatable bonds is 2. The van der Waals surface area contributed by atoms with Gasteiger partial charge in [-0.3, -0.25) is 0 Å². The predicted octanol–water partition coefficient (Wildman–Crippen LogP) is 4.19. The van der Waals surface area contributed by atoms with Crippen molar-refractivity contribution in [2.24, 2.45) is 0 Å². The number of hydrogen-bond acceptors (Lipinski definition) is 2. The molecule has 0 spiro atoms. The highest BCUT2D eigenvalue weighted by atomic mass is 19.2. The summed E-state index contributed by atoms with van der Waals surface area (Å²) in [7, 11) is 0. The Morgan fingerprint density at radius 2 is 1.95 bits per heavy atom. The van der Waals surface area contributed by atoms with Crippen LogP contribution in [0.25, 0.3) is 0 Å². The van der Waals surface area contributed by atoms with Gasteiger partial charge in [0.2, 0.25) is 0 Å². The Labute approximate surface area is 108 Å². The molecule has 5 heteroatoms. The second kappa shape index (κ2) is 4.64. The third kappa shape index (κ3) is 2.09. The summed E-state index contributed by atoms with van der Waals surface area (Å²) in [4.78, 5) is 0. The van der Waals surface area contributed by atoms with Crippen molar-refractivity contribution in [1.82, 2.24) is 0 Å². The number of furan rings is 1. The highest BCUT2D eigenvalue weighted by Gasteiger charge is 2.24. The predicted molar refractivity (Wildman–Crippen MR) is 64.3 cm³/mol. The molecular weight excluding hydrogens is 255 g/mol. The molecular formula is C14H12F3NO. The van der Waals surface area contributed by atoms with Crippen LogP contribution in [0.4, 0.5) is 18.9 Å². The average molecular weight is 267 g/mol. The largest absolute Gasteiger partial charge is 0.469 e. The van der Waals surface area contributed by atoms with Crippen LogP contribution >= 0.6 is 0 Å². The van der Waals surface area contributed by atoms with Crippen LogP contribution in [0.1, 0.15) is 30.2 Å². The van der Waals surface area contributed by atoms with E-state index < -0.39 is 17.5 Å². The molecule has 0 bridgehead atoms. The third-order valence-electron chi connectivity index (χ3n) is 3.42. The maximum absolute atomic E-state index is 13.6. The number of halogens is 3. The zero-order valence-electron chi connectivity index (χ0n) is 10.1. The minimum Gasteiger partial charge on any atom is -0.469 e. The van der Waals surface area contributed by atoms with Gasteiger partial charge in [0, 0.05) is 12.0 Å². The number of fused-ring (bicyclic) bond motifs is 1. The number of benzene rings is 1. The molecule has 0 amide bonds. The smallest absolute Gasteiger partial charge is 0.196 e. The highest BCUT2D eigenvalue weighted by Crippen LogP contribution is 2.34. The van der Waals surface area contributed by atoms with Gasteiger partial charge in [-0.05, 0) is 31.0 Å². The van der Waals surface area contributed by atoms with E-state index in [-0.39, 0.29) is 11.7 Å². The fourth-order valence-electron chi connectivity index (χ4n) is 2.46. The first-order chi connectivity index (χ1) is 9.16. The standard InChI is InChI=1S/C14H12F3NO/c15-9-4-5-11(14(17)13(9)16)18-10-2-1-3-12-8(10)6-7-19-12/h4-7,10,18H,1-3H2. The maximum atomic E-state index is 13.6. The van der Waals surface area contributed by atoms with Gasteiger partial charge in [-0.1, -0.05) is 0 Å². The summed E-state index contributed by atoms with van der Waals surface area (Å²) in [5.74, 6) is -2.95. The second-order valence-electron chi connectivity index (χ2n) is 4.61. The van der Waals surface area contributed by atoms with Crippen molar-refractivity contribution in [3.05, 3.63) is 53.2 Å².